The van der Waals surface area contributed by atoms with Gasteiger partial charge in [0.2, 0.25) is 0 Å². The zero-order valence-electron chi connectivity index (χ0n) is 14.1. The fourth-order valence-electron chi connectivity index (χ4n) is 2.49. The minimum Gasteiger partial charge on any atom is -0.460 e. The van der Waals surface area contributed by atoms with Crippen molar-refractivity contribution < 1.29 is 14.6 Å². The van der Waals surface area contributed by atoms with E-state index in [0.29, 0.717) is 31.7 Å². The van der Waals surface area contributed by atoms with Gasteiger partial charge in [0.15, 0.2) is 0 Å². The third-order valence-corrected chi connectivity index (χ3v) is 3.96. The number of rotatable bonds is 9. The van der Waals surface area contributed by atoms with Crippen molar-refractivity contribution >= 4 is 34.3 Å². The van der Waals surface area contributed by atoms with Gasteiger partial charge in [0.25, 0.3) is 0 Å². The van der Waals surface area contributed by atoms with Crippen LogP contribution >= 0.6 is 11.6 Å². The fourth-order valence-corrected chi connectivity index (χ4v) is 2.58. The van der Waals surface area contributed by atoms with Crippen molar-refractivity contribution in [2.75, 3.05) is 24.3 Å². The van der Waals surface area contributed by atoms with Gasteiger partial charge in [0, 0.05) is 38.0 Å². The second-order valence-corrected chi connectivity index (χ2v) is 6.12. The Morgan fingerprint density at radius 1 is 1.50 bits per heavy atom. The molecule has 0 fully saturated rings. The number of aliphatic hydroxyl groups is 1. The van der Waals surface area contributed by atoms with Crippen LogP contribution in [0.4, 0.5) is 5.69 Å². The third-order valence-electron chi connectivity index (χ3n) is 3.77. The summed E-state index contributed by atoms with van der Waals surface area (Å²) in [6, 6.07) is 6.04. The number of nitrogens with one attached hydrogen (secondary N) is 1. The van der Waals surface area contributed by atoms with Crippen LogP contribution in [0.5, 0.6) is 0 Å². The van der Waals surface area contributed by atoms with E-state index in [1.807, 2.05) is 29.8 Å². The molecule has 0 aliphatic rings. The molecule has 1 atom stereocenters. The number of esters is 1. The first-order valence-electron chi connectivity index (χ1n) is 8.10. The standard InChI is InChI=1S/C17H24ClN3O3/c1-12(11-22)24-17(23)5-3-4-16-20-14-10-13(19-9-8-18)6-7-15(14)21(16)2/h6-7,10,12,19,22H,3-5,8-9,11H2,1-2H3. The van der Waals surface area contributed by atoms with E-state index in [1.165, 1.54) is 0 Å². The lowest BCUT2D eigenvalue weighted by Gasteiger charge is -2.09. The molecule has 1 aromatic heterocycles. The Morgan fingerprint density at radius 2 is 2.29 bits per heavy atom. The average molecular weight is 354 g/mol. The van der Waals surface area contributed by atoms with E-state index in [9.17, 15) is 4.79 Å². The predicted molar refractivity (Wildman–Crippen MR) is 95.5 cm³/mol. The number of ether oxygens (including phenoxy) is 1. The number of hydrogen-bond donors (Lipinski definition) is 2. The number of aromatic nitrogens is 2. The van der Waals surface area contributed by atoms with Crippen LogP contribution < -0.4 is 5.32 Å². The molecule has 0 bridgehead atoms. The fraction of sp³-hybridized carbons (Fsp3) is 0.529. The molecule has 6 nitrogen and oxygen atoms in total. The van der Waals surface area contributed by atoms with Gasteiger partial charge in [0.05, 0.1) is 17.6 Å². The molecular weight excluding hydrogens is 330 g/mol. The summed E-state index contributed by atoms with van der Waals surface area (Å²) in [5.74, 6) is 1.20. The molecule has 0 aliphatic heterocycles. The van der Waals surface area contributed by atoms with Gasteiger partial charge >= 0.3 is 5.97 Å². The van der Waals surface area contributed by atoms with E-state index in [4.69, 9.17) is 21.4 Å². The number of benzene rings is 1. The Hall–Kier alpha value is -1.79. The van der Waals surface area contributed by atoms with E-state index >= 15 is 0 Å². The molecule has 2 aromatic rings. The van der Waals surface area contributed by atoms with Crippen LogP contribution in [0, 0.1) is 0 Å². The van der Waals surface area contributed by atoms with E-state index in [0.717, 1.165) is 22.5 Å². The lowest BCUT2D eigenvalue weighted by Crippen LogP contribution is -2.18. The molecule has 2 rings (SSSR count). The van der Waals surface area contributed by atoms with Crippen molar-refractivity contribution in [3.05, 3.63) is 24.0 Å². The lowest BCUT2D eigenvalue weighted by molar-refractivity contribution is -0.150. The van der Waals surface area contributed by atoms with Crippen LogP contribution in [0.2, 0.25) is 0 Å². The lowest BCUT2D eigenvalue weighted by atomic mass is 10.2. The van der Waals surface area contributed by atoms with Crippen molar-refractivity contribution in [1.82, 2.24) is 9.55 Å². The first-order valence-corrected chi connectivity index (χ1v) is 8.64. The van der Waals surface area contributed by atoms with Crippen LogP contribution in [0.15, 0.2) is 18.2 Å². The summed E-state index contributed by atoms with van der Waals surface area (Å²) in [7, 11) is 1.97. The smallest absolute Gasteiger partial charge is 0.306 e. The maximum atomic E-state index is 11.6. The van der Waals surface area contributed by atoms with E-state index in [-0.39, 0.29) is 12.6 Å². The van der Waals surface area contributed by atoms with Gasteiger partial charge in [-0.05, 0) is 31.5 Å². The number of carbonyl (C=O) groups excluding carboxylic acids is 1. The Bertz CT molecular complexity index is 687. The molecule has 1 heterocycles. The number of fused-ring (bicyclic) bond motifs is 1. The van der Waals surface area contributed by atoms with Crippen LogP contribution in [0.3, 0.4) is 0 Å². The van der Waals surface area contributed by atoms with E-state index < -0.39 is 6.10 Å². The zero-order chi connectivity index (χ0) is 17.5. The number of nitrogens with zero attached hydrogens (tertiary/aromatic N) is 2. The largest absolute Gasteiger partial charge is 0.460 e. The maximum absolute atomic E-state index is 11.6. The Labute approximate surface area is 146 Å². The quantitative estimate of drug-likeness (QED) is 0.535. The van der Waals surface area contributed by atoms with Crippen LogP contribution in [0.1, 0.15) is 25.6 Å². The molecule has 1 aromatic carbocycles. The topological polar surface area (TPSA) is 76.4 Å². The minimum absolute atomic E-state index is 0.156. The number of hydrogen-bond acceptors (Lipinski definition) is 5. The van der Waals surface area contributed by atoms with E-state index in [2.05, 4.69) is 10.3 Å². The molecule has 0 saturated carbocycles. The van der Waals surface area contributed by atoms with Gasteiger partial charge in [-0.2, -0.15) is 0 Å². The van der Waals surface area contributed by atoms with Crippen LogP contribution in [-0.4, -0.2) is 45.8 Å². The summed E-state index contributed by atoms with van der Waals surface area (Å²) in [6.07, 6.45) is 1.21. The summed E-state index contributed by atoms with van der Waals surface area (Å²) >= 11 is 5.69. The summed E-state index contributed by atoms with van der Waals surface area (Å²) < 4.78 is 7.09. The molecule has 2 N–H and O–H groups in total. The molecule has 7 heteroatoms. The number of carbonyl (C=O) groups is 1. The highest BCUT2D eigenvalue weighted by molar-refractivity contribution is 6.18. The molecule has 1 unspecified atom stereocenters. The van der Waals surface area contributed by atoms with Gasteiger partial charge in [0.1, 0.15) is 11.9 Å². The summed E-state index contributed by atoms with van der Waals surface area (Å²) in [6.45, 7) is 2.22. The maximum Gasteiger partial charge on any atom is 0.306 e. The SMILES string of the molecule is CC(CO)OC(=O)CCCc1nc2cc(NCCCl)ccc2n1C. The molecule has 24 heavy (non-hydrogen) atoms. The van der Waals surface area contributed by atoms with Gasteiger partial charge in [-0.1, -0.05) is 0 Å². The Kier molecular flexibility index (Phi) is 6.87. The highest BCUT2D eigenvalue weighted by Crippen LogP contribution is 2.20. The first-order chi connectivity index (χ1) is 11.5. The molecule has 0 spiro atoms. The number of anilines is 1. The van der Waals surface area contributed by atoms with Crippen LogP contribution in [-0.2, 0) is 23.0 Å². The number of alkyl halides is 1. The number of halogens is 1. The van der Waals surface area contributed by atoms with Crippen molar-refractivity contribution in [2.24, 2.45) is 7.05 Å². The first kappa shape index (κ1) is 18.5. The normalized spacial score (nSPS) is 12.3. The highest BCUT2D eigenvalue weighted by atomic mass is 35.5. The Morgan fingerprint density at radius 3 is 3.00 bits per heavy atom. The average Bonchev–Trinajstić information content (AvgIpc) is 2.88. The molecule has 132 valence electrons. The zero-order valence-corrected chi connectivity index (χ0v) is 14.8. The van der Waals surface area contributed by atoms with Gasteiger partial charge in [-0.25, -0.2) is 4.98 Å². The summed E-state index contributed by atoms with van der Waals surface area (Å²) in [5, 5.41) is 12.1. The van der Waals surface area contributed by atoms with Crippen molar-refractivity contribution in [2.45, 2.75) is 32.3 Å². The van der Waals surface area contributed by atoms with Crippen molar-refractivity contribution in [3.8, 4) is 0 Å². The molecular formula is C17H24ClN3O3. The molecule has 0 saturated heterocycles. The number of aryl methyl sites for hydroxylation is 2. The number of imidazole rings is 1. The summed E-state index contributed by atoms with van der Waals surface area (Å²) in [4.78, 5) is 16.3. The van der Waals surface area contributed by atoms with Gasteiger partial charge < -0.3 is 19.7 Å². The molecule has 0 aliphatic carbocycles. The monoisotopic (exact) mass is 353 g/mol. The predicted octanol–water partition coefficient (Wildman–Crippen LogP) is 2.47. The summed E-state index contributed by atoms with van der Waals surface area (Å²) in [5.41, 5.74) is 2.97. The van der Waals surface area contributed by atoms with E-state index in [1.54, 1.807) is 6.92 Å². The highest BCUT2D eigenvalue weighted by Gasteiger charge is 2.11. The van der Waals surface area contributed by atoms with Crippen molar-refractivity contribution in [3.63, 3.8) is 0 Å². The minimum atomic E-state index is -0.452. The molecule has 0 radical (unpaired) electrons. The third kappa shape index (κ3) is 4.85. The van der Waals surface area contributed by atoms with Crippen LogP contribution in [0.25, 0.3) is 11.0 Å². The Balaban J connectivity index is 1.96. The van der Waals surface area contributed by atoms with Gasteiger partial charge in [-0.3, -0.25) is 4.79 Å². The molecule has 0 amide bonds. The van der Waals surface area contributed by atoms with Crippen molar-refractivity contribution in [1.29, 1.82) is 0 Å². The second-order valence-electron chi connectivity index (χ2n) is 5.74. The second kappa shape index (κ2) is 8.89. The van der Waals surface area contributed by atoms with Gasteiger partial charge in [-0.15, -0.1) is 11.6 Å². The number of aliphatic hydroxyl groups excluding tert-OH is 1.